The fourth-order valence-electron chi connectivity index (χ4n) is 5.34. The Bertz CT molecular complexity index is 1810. The minimum atomic E-state index is -0.439. The lowest BCUT2D eigenvalue weighted by molar-refractivity contribution is 0.103. The van der Waals surface area contributed by atoms with Crippen molar-refractivity contribution in [3.63, 3.8) is 0 Å². The lowest BCUT2D eigenvalue weighted by Gasteiger charge is -2.18. The van der Waals surface area contributed by atoms with Crippen LogP contribution in [0.25, 0.3) is 0 Å². The van der Waals surface area contributed by atoms with Crippen LogP contribution in [-0.2, 0) is 0 Å². The number of nitriles is 1. The van der Waals surface area contributed by atoms with Gasteiger partial charge in [0.25, 0.3) is 0 Å². The highest BCUT2D eigenvalue weighted by molar-refractivity contribution is 6.14. The first-order valence-electron chi connectivity index (χ1n) is 15.4. The van der Waals surface area contributed by atoms with Crippen LogP contribution < -0.4 is 11.5 Å². The number of nitrogens with zero attached hydrogens (tertiary/aromatic N) is 1. The molecule has 4 N–H and O–H groups in total. The third kappa shape index (κ3) is 7.15. The summed E-state index contributed by atoms with van der Waals surface area (Å²) in [6.07, 6.45) is 0. The van der Waals surface area contributed by atoms with E-state index in [-0.39, 0.29) is 22.7 Å². The number of aryl methyl sites for hydroxylation is 2. The zero-order valence-corrected chi connectivity index (χ0v) is 30.0. The number of anilines is 2. The molecule has 0 heterocycles. The van der Waals surface area contributed by atoms with Crippen LogP contribution in [0, 0.1) is 120 Å². The van der Waals surface area contributed by atoms with Gasteiger partial charge in [-0.1, -0.05) is 6.07 Å². The van der Waals surface area contributed by atoms with E-state index in [4.69, 9.17) is 16.7 Å². The molecule has 0 saturated heterocycles. The van der Waals surface area contributed by atoms with Crippen molar-refractivity contribution in [2.24, 2.45) is 0 Å². The van der Waals surface area contributed by atoms with Crippen LogP contribution in [0.3, 0.4) is 0 Å². The lowest BCUT2D eigenvalue weighted by atomic mass is 9.87. The van der Waals surface area contributed by atoms with Gasteiger partial charge in [0.05, 0.1) is 11.1 Å². The third-order valence-electron chi connectivity index (χ3n) is 10.1. The predicted molar refractivity (Wildman–Crippen MR) is 189 cm³/mol. The van der Waals surface area contributed by atoms with E-state index in [1.807, 2.05) is 60.6 Å². The molecular formula is C40H49F2N3O. The quantitative estimate of drug-likeness (QED) is 0.171. The van der Waals surface area contributed by atoms with Gasteiger partial charge >= 0.3 is 0 Å². The summed E-state index contributed by atoms with van der Waals surface area (Å²) in [5, 5.41) is 8.75. The first-order chi connectivity index (χ1) is 21.2. The maximum atomic E-state index is 14.8. The molecule has 0 aliphatic heterocycles. The molecule has 0 bridgehead atoms. The van der Waals surface area contributed by atoms with E-state index in [1.165, 1.54) is 16.7 Å². The van der Waals surface area contributed by atoms with E-state index in [1.54, 1.807) is 33.8 Å². The van der Waals surface area contributed by atoms with Gasteiger partial charge in [-0.25, -0.2) is 8.78 Å². The number of rotatable bonds is 2. The number of ketones is 1. The van der Waals surface area contributed by atoms with Crippen molar-refractivity contribution >= 4 is 17.2 Å². The summed E-state index contributed by atoms with van der Waals surface area (Å²) in [6, 6.07) is 7.67. The number of hydrogen-bond donors (Lipinski definition) is 2. The molecule has 46 heavy (non-hydrogen) atoms. The Kier molecular flexibility index (Phi) is 12.1. The van der Waals surface area contributed by atoms with Crippen molar-refractivity contribution in [1.82, 2.24) is 0 Å². The summed E-state index contributed by atoms with van der Waals surface area (Å²) >= 11 is 0. The van der Waals surface area contributed by atoms with Gasteiger partial charge in [0.1, 0.15) is 17.7 Å². The Labute approximate surface area is 274 Å². The molecule has 0 fully saturated rings. The van der Waals surface area contributed by atoms with Crippen LogP contribution in [0.15, 0.2) is 18.2 Å². The SMILES string of the molecule is Cc1c(C)c(C)c(C#N)c(F)c1C.Cc1cc(C(=O)c2c(C)c(C)c(C)c(C)c2F)c(N)c(C)c1C.Cc1ccc(N)c(C)c1C. The molecule has 4 aromatic carbocycles. The zero-order valence-electron chi connectivity index (χ0n) is 30.0. The molecule has 0 atom stereocenters. The Morgan fingerprint density at radius 2 is 1.02 bits per heavy atom. The van der Waals surface area contributed by atoms with E-state index >= 15 is 0 Å². The maximum Gasteiger partial charge on any atom is 0.198 e. The van der Waals surface area contributed by atoms with Crippen LogP contribution >= 0.6 is 0 Å². The molecule has 0 amide bonds. The van der Waals surface area contributed by atoms with Crippen LogP contribution in [0.2, 0.25) is 0 Å². The highest BCUT2D eigenvalue weighted by atomic mass is 19.1. The number of carbonyl (C=O) groups excluding carboxylic acids is 1. The molecular weight excluding hydrogens is 576 g/mol. The summed E-state index contributed by atoms with van der Waals surface area (Å²) < 4.78 is 28.3. The zero-order chi connectivity index (χ0) is 35.5. The Morgan fingerprint density at radius 1 is 0.565 bits per heavy atom. The van der Waals surface area contributed by atoms with Crippen molar-refractivity contribution in [2.45, 2.75) is 96.9 Å². The Morgan fingerprint density at radius 3 is 1.52 bits per heavy atom. The second-order valence-electron chi connectivity index (χ2n) is 12.4. The summed E-state index contributed by atoms with van der Waals surface area (Å²) in [4.78, 5) is 13.0. The van der Waals surface area contributed by atoms with Crippen LogP contribution in [-0.4, -0.2) is 5.78 Å². The van der Waals surface area contributed by atoms with Gasteiger partial charge in [-0.05, 0) is 187 Å². The molecule has 0 aliphatic rings. The number of hydrogen-bond acceptors (Lipinski definition) is 4. The third-order valence-corrected chi connectivity index (χ3v) is 10.1. The fraction of sp³-hybridized carbons (Fsp3) is 0.350. The first-order valence-corrected chi connectivity index (χ1v) is 15.4. The Hall–Kier alpha value is -4.50. The number of nitrogens with two attached hydrogens (primary N) is 2. The van der Waals surface area contributed by atoms with Crippen LogP contribution in [0.4, 0.5) is 20.2 Å². The van der Waals surface area contributed by atoms with Gasteiger partial charge < -0.3 is 11.5 Å². The summed E-state index contributed by atoms with van der Waals surface area (Å²) in [5.41, 5.74) is 27.0. The van der Waals surface area contributed by atoms with Gasteiger partial charge in [0.15, 0.2) is 5.78 Å². The topological polar surface area (TPSA) is 92.9 Å². The largest absolute Gasteiger partial charge is 0.399 e. The minimum absolute atomic E-state index is 0.139. The van der Waals surface area contributed by atoms with Crippen molar-refractivity contribution in [3.05, 3.63) is 124 Å². The molecule has 6 heteroatoms. The molecule has 4 rings (SSSR count). The Balaban J connectivity index is 0.000000269. The molecule has 244 valence electrons. The van der Waals surface area contributed by atoms with Crippen LogP contribution in [0.1, 0.15) is 99.4 Å². The summed E-state index contributed by atoms with van der Waals surface area (Å²) in [6.45, 7) is 26.6. The van der Waals surface area contributed by atoms with E-state index < -0.39 is 5.82 Å². The van der Waals surface area contributed by atoms with E-state index in [0.29, 0.717) is 27.9 Å². The number of halogens is 2. The van der Waals surface area contributed by atoms with E-state index in [2.05, 4.69) is 26.8 Å². The molecule has 0 saturated carbocycles. The molecule has 0 spiro atoms. The highest BCUT2D eigenvalue weighted by Crippen LogP contribution is 2.31. The molecule has 4 aromatic rings. The highest BCUT2D eigenvalue weighted by Gasteiger charge is 2.24. The standard InChI is InChI=1S/C20H24FNO.C11H12FN.C9H13N/c1-9-8-16(19(22)15(7)10(9)2)20(23)17-13(5)11(3)12(4)14(6)18(17)21;1-6-7(2)9(4)11(12)10(5-13)8(6)3;1-6-4-5-9(10)8(3)7(6)2/h8H,22H2,1-7H3;1-4H3;4-5H,10H2,1-3H3. The lowest BCUT2D eigenvalue weighted by Crippen LogP contribution is -2.14. The number of nitrogen functional groups attached to an aromatic ring is 2. The van der Waals surface area contributed by atoms with Gasteiger partial charge in [0, 0.05) is 16.9 Å². The fourth-order valence-corrected chi connectivity index (χ4v) is 5.34. The molecule has 0 aliphatic carbocycles. The van der Waals surface area contributed by atoms with Crippen molar-refractivity contribution in [3.8, 4) is 6.07 Å². The predicted octanol–water partition coefficient (Wildman–Crippen LogP) is 9.92. The monoisotopic (exact) mass is 625 g/mol. The van der Waals surface area contributed by atoms with Gasteiger partial charge in [0.2, 0.25) is 0 Å². The molecule has 0 unspecified atom stereocenters. The second kappa shape index (κ2) is 14.7. The van der Waals surface area contributed by atoms with Gasteiger partial charge in [-0.15, -0.1) is 0 Å². The van der Waals surface area contributed by atoms with Crippen molar-refractivity contribution in [1.29, 1.82) is 5.26 Å². The molecule has 0 aromatic heterocycles. The van der Waals surface area contributed by atoms with E-state index in [0.717, 1.165) is 50.2 Å². The normalized spacial score (nSPS) is 10.4. The minimum Gasteiger partial charge on any atom is -0.399 e. The number of benzene rings is 4. The smallest absolute Gasteiger partial charge is 0.198 e. The number of carbonyl (C=O) groups is 1. The average molecular weight is 626 g/mol. The first kappa shape index (κ1) is 37.7. The summed E-state index contributed by atoms with van der Waals surface area (Å²) in [5.74, 6) is -1.15. The van der Waals surface area contributed by atoms with Crippen molar-refractivity contribution < 1.29 is 13.6 Å². The van der Waals surface area contributed by atoms with Crippen LogP contribution in [0.5, 0.6) is 0 Å². The average Bonchev–Trinajstić information content (AvgIpc) is 3.03. The van der Waals surface area contributed by atoms with Gasteiger partial charge in [-0.3, -0.25) is 4.79 Å². The maximum absolute atomic E-state index is 14.8. The van der Waals surface area contributed by atoms with Gasteiger partial charge in [-0.2, -0.15) is 5.26 Å². The molecule has 4 nitrogen and oxygen atoms in total. The van der Waals surface area contributed by atoms with Crippen molar-refractivity contribution in [2.75, 3.05) is 11.5 Å². The van der Waals surface area contributed by atoms with E-state index in [9.17, 15) is 13.6 Å². The second-order valence-corrected chi connectivity index (χ2v) is 12.4. The summed E-state index contributed by atoms with van der Waals surface area (Å²) in [7, 11) is 0. The molecule has 0 radical (unpaired) electrons.